The van der Waals surface area contributed by atoms with Gasteiger partial charge in [0.25, 0.3) is 0 Å². The molecule has 0 fully saturated rings. The lowest BCUT2D eigenvalue weighted by Gasteiger charge is -2.08. The summed E-state index contributed by atoms with van der Waals surface area (Å²) in [5, 5.41) is 3.41. The van der Waals surface area contributed by atoms with Gasteiger partial charge in [-0.1, -0.05) is 26.2 Å². The molecule has 0 saturated carbocycles. The van der Waals surface area contributed by atoms with E-state index in [0.717, 1.165) is 17.9 Å². The molecule has 0 radical (unpaired) electrons. The van der Waals surface area contributed by atoms with E-state index < -0.39 is 0 Å². The van der Waals surface area contributed by atoms with E-state index in [1.807, 2.05) is 12.1 Å². The molecular formula is C13H22N2. The number of rotatable bonds is 6. The number of nitrogen functional groups attached to an aromatic ring is 1. The lowest BCUT2D eigenvalue weighted by Crippen LogP contribution is -2.02. The third-order valence-electron chi connectivity index (χ3n) is 2.46. The zero-order valence-corrected chi connectivity index (χ0v) is 9.84. The van der Waals surface area contributed by atoms with Gasteiger partial charge in [-0.25, -0.2) is 0 Å². The molecule has 0 unspecified atom stereocenters. The lowest BCUT2D eigenvalue weighted by atomic mass is 10.2. The normalized spacial score (nSPS) is 10.3. The van der Waals surface area contributed by atoms with Crippen LogP contribution in [-0.4, -0.2) is 6.54 Å². The number of hydrogen-bond donors (Lipinski definition) is 2. The van der Waals surface area contributed by atoms with Gasteiger partial charge in [-0.2, -0.15) is 0 Å². The Bertz CT molecular complexity index is 274. The first kappa shape index (κ1) is 11.9. The number of anilines is 2. The average molecular weight is 206 g/mol. The number of benzene rings is 1. The van der Waals surface area contributed by atoms with Gasteiger partial charge in [0.2, 0.25) is 0 Å². The molecule has 1 rings (SSSR count). The van der Waals surface area contributed by atoms with E-state index in [2.05, 4.69) is 25.2 Å². The van der Waals surface area contributed by atoms with Crippen LogP contribution in [0, 0.1) is 6.92 Å². The van der Waals surface area contributed by atoms with Crippen molar-refractivity contribution >= 4 is 11.4 Å². The van der Waals surface area contributed by atoms with Crippen LogP contribution < -0.4 is 11.1 Å². The van der Waals surface area contributed by atoms with Gasteiger partial charge in [-0.05, 0) is 37.1 Å². The van der Waals surface area contributed by atoms with Crippen molar-refractivity contribution in [2.75, 3.05) is 17.6 Å². The second-order valence-corrected chi connectivity index (χ2v) is 4.12. The molecule has 0 atom stereocenters. The molecule has 3 N–H and O–H groups in total. The van der Waals surface area contributed by atoms with E-state index in [0.29, 0.717) is 0 Å². The fourth-order valence-corrected chi connectivity index (χ4v) is 1.70. The fourth-order valence-electron chi connectivity index (χ4n) is 1.70. The van der Waals surface area contributed by atoms with E-state index in [4.69, 9.17) is 5.73 Å². The fraction of sp³-hybridized carbons (Fsp3) is 0.538. The van der Waals surface area contributed by atoms with Gasteiger partial charge >= 0.3 is 0 Å². The number of nitrogens with two attached hydrogens (primary N) is 1. The molecular weight excluding hydrogens is 184 g/mol. The molecule has 1 aromatic rings. The van der Waals surface area contributed by atoms with Gasteiger partial charge in [0.1, 0.15) is 0 Å². The van der Waals surface area contributed by atoms with Crippen LogP contribution in [0.5, 0.6) is 0 Å². The summed E-state index contributed by atoms with van der Waals surface area (Å²) >= 11 is 0. The van der Waals surface area contributed by atoms with E-state index >= 15 is 0 Å². The van der Waals surface area contributed by atoms with Gasteiger partial charge in [-0.15, -0.1) is 0 Å². The Kier molecular flexibility index (Phi) is 5.02. The first-order valence-electron chi connectivity index (χ1n) is 5.83. The summed E-state index contributed by atoms with van der Waals surface area (Å²) in [7, 11) is 0. The summed E-state index contributed by atoms with van der Waals surface area (Å²) in [6, 6.07) is 6.12. The van der Waals surface area contributed by atoms with Gasteiger partial charge in [0, 0.05) is 17.9 Å². The summed E-state index contributed by atoms with van der Waals surface area (Å²) in [4.78, 5) is 0. The van der Waals surface area contributed by atoms with Crippen molar-refractivity contribution in [1.29, 1.82) is 0 Å². The molecule has 84 valence electrons. The number of aryl methyl sites for hydroxylation is 1. The van der Waals surface area contributed by atoms with Crippen LogP contribution in [-0.2, 0) is 0 Å². The molecule has 2 nitrogen and oxygen atoms in total. The number of hydrogen-bond acceptors (Lipinski definition) is 2. The van der Waals surface area contributed by atoms with Gasteiger partial charge in [0.15, 0.2) is 0 Å². The van der Waals surface area contributed by atoms with Crippen LogP contribution in [0.2, 0.25) is 0 Å². The third kappa shape index (κ3) is 4.73. The maximum Gasteiger partial charge on any atom is 0.0363 e. The molecule has 1 aromatic carbocycles. The zero-order valence-electron chi connectivity index (χ0n) is 9.84. The van der Waals surface area contributed by atoms with Crippen molar-refractivity contribution in [3.05, 3.63) is 23.8 Å². The predicted octanol–water partition coefficient (Wildman–Crippen LogP) is 3.57. The van der Waals surface area contributed by atoms with Crippen molar-refractivity contribution in [2.24, 2.45) is 0 Å². The van der Waals surface area contributed by atoms with Gasteiger partial charge in [0.05, 0.1) is 0 Å². The van der Waals surface area contributed by atoms with Crippen LogP contribution >= 0.6 is 0 Å². The highest BCUT2D eigenvalue weighted by molar-refractivity contribution is 5.56. The summed E-state index contributed by atoms with van der Waals surface area (Å²) in [6.45, 7) is 5.34. The second-order valence-electron chi connectivity index (χ2n) is 4.12. The van der Waals surface area contributed by atoms with E-state index in [9.17, 15) is 0 Å². The van der Waals surface area contributed by atoms with Crippen molar-refractivity contribution < 1.29 is 0 Å². The summed E-state index contributed by atoms with van der Waals surface area (Å²) in [6.07, 6.45) is 5.17. The third-order valence-corrected chi connectivity index (χ3v) is 2.46. The Balaban J connectivity index is 2.31. The Morgan fingerprint density at radius 1 is 1.13 bits per heavy atom. The average Bonchev–Trinajstić information content (AvgIpc) is 2.16. The van der Waals surface area contributed by atoms with E-state index in [1.165, 1.54) is 31.2 Å². The minimum Gasteiger partial charge on any atom is -0.399 e. The maximum absolute atomic E-state index is 5.77. The minimum absolute atomic E-state index is 0.839. The first-order chi connectivity index (χ1) is 7.22. The molecule has 0 aliphatic heterocycles. The van der Waals surface area contributed by atoms with Crippen molar-refractivity contribution in [1.82, 2.24) is 0 Å². The van der Waals surface area contributed by atoms with Crippen molar-refractivity contribution in [3.8, 4) is 0 Å². The molecule has 0 aliphatic rings. The van der Waals surface area contributed by atoms with Crippen LogP contribution in [0.15, 0.2) is 18.2 Å². The van der Waals surface area contributed by atoms with Crippen LogP contribution in [0.3, 0.4) is 0 Å². The topological polar surface area (TPSA) is 38.0 Å². The van der Waals surface area contributed by atoms with Crippen molar-refractivity contribution in [2.45, 2.75) is 39.5 Å². The second kappa shape index (κ2) is 6.33. The molecule has 0 amide bonds. The Morgan fingerprint density at radius 2 is 1.93 bits per heavy atom. The molecule has 0 spiro atoms. The monoisotopic (exact) mass is 206 g/mol. The zero-order chi connectivity index (χ0) is 11.1. The standard InChI is InChI=1S/C13H22N2/c1-3-4-5-6-7-15-13-9-11(2)8-12(14)10-13/h8-10,15H,3-7,14H2,1-2H3. The first-order valence-corrected chi connectivity index (χ1v) is 5.83. The summed E-state index contributed by atoms with van der Waals surface area (Å²) in [5.74, 6) is 0. The molecule has 0 aliphatic carbocycles. The molecule has 0 saturated heterocycles. The molecule has 0 heterocycles. The van der Waals surface area contributed by atoms with Crippen molar-refractivity contribution in [3.63, 3.8) is 0 Å². The quantitative estimate of drug-likeness (QED) is 0.551. The Labute approximate surface area is 92.9 Å². The minimum atomic E-state index is 0.839. The smallest absolute Gasteiger partial charge is 0.0363 e. The Morgan fingerprint density at radius 3 is 2.60 bits per heavy atom. The van der Waals surface area contributed by atoms with E-state index in [-0.39, 0.29) is 0 Å². The van der Waals surface area contributed by atoms with Crippen LogP contribution in [0.1, 0.15) is 38.2 Å². The van der Waals surface area contributed by atoms with Crippen LogP contribution in [0.4, 0.5) is 11.4 Å². The summed E-state index contributed by atoms with van der Waals surface area (Å²) in [5.41, 5.74) is 8.97. The highest BCUT2D eigenvalue weighted by Gasteiger charge is 1.95. The lowest BCUT2D eigenvalue weighted by molar-refractivity contribution is 0.685. The predicted molar refractivity (Wildman–Crippen MR) is 68.2 cm³/mol. The highest BCUT2D eigenvalue weighted by atomic mass is 14.9. The van der Waals surface area contributed by atoms with E-state index in [1.54, 1.807) is 0 Å². The number of unbranched alkanes of at least 4 members (excludes halogenated alkanes) is 3. The summed E-state index contributed by atoms with van der Waals surface area (Å²) < 4.78 is 0. The number of nitrogens with one attached hydrogen (secondary N) is 1. The molecule has 2 heteroatoms. The maximum atomic E-state index is 5.77. The molecule has 0 bridgehead atoms. The molecule has 15 heavy (non-hydrogen) atoms. The van der Waals surface area contributed by atoms with Gasteiger partial charge in [-0.3, -0.25) is 0 Å². The highest BCUT2D eigenvalue weighted by Crippen LogP contribution is 2.15. The largest absolute Gasteiger partial charge is 0.399 e. The Hall–Kier alpha value is -1.18. The van der Waals surface area contributed by atoms with Gasteiger partial charge < -0.3 is 11.1 Å². The molecule has 0 aromatic heterocycles. The van der Waals surface area contributed by atoms with Crippen LogP contribution in [0.25, 0.3) is 0 Å². The SMILES string of the molecule is CCCCCCNc1cc(C)cc(N)c1.